The van der Waals surface area contributed by atoms with Gasteiger partial charge in [-0.1, -0.05) is 12.1 Å². The van der Waals surface area contributed by atoms with E-state index in [2.05, 4.69) is 53.3 Å². The van der Waals surface area contributed by atoms with E-state index in [1.807, 2.05) is 36.6 Å². The summed E-state index contributed by atoms with van der Waals surface area (Å²) in [7, 11) is 1.57. The maximum Gasteiger partial charge on any atom is 0.271 e. The van der Waals surface area contributed by atoms with Gasteiger partial charge in [0.15, 0.2) is 5.11 Å². The van der Waals surface area contributed by atoms with E-state index < -0.39 is 4.92 Å². The van der Waals surface area contributed by atoms with Crippen LogP contribution in [0, 0.1) is 37.8 Å². The minimum atomic E-state index is -0.393. The molecule has 1 fully saturated rings. The van der Waals surface area contributed by atoms with Gasteiger partial charge in [-0.15, -0.1) is 0 Å². The predicted molar refractivity (Wildman–Crippen MR) is 152 cm³/mol. The van der Waals surface area contributed by atoms with Crippen molar-refractivity contribution in [3.8, 4) is 11.4 Å². The van der Waals surface area contributed by atoms with Crippen molar-refractivity contribution >= 4 is 28.7 Å². The summed E-state index contributed by atoms with van der Waals surface area (Å²) in [5, 5.41) is 15.7. The predicted octanol–water partition coefficient (Wildman–Crippen LogP) is 6.20. The second kappa shape index (κ2) is 9.90. The van der Waals surface area contributed by atoms with Crippen molar-refractivity contribution in [1.29, 1.82) is 0 Å². The molecule has 4 aromatic rings. The first-order chi connectivity index (χ1) is 18.2. The maximum atomic E-state index is 11.6. The lowest BCUT2D eigenvalue weighted by molar-refractivity contribution is -0.384. The monoisotopic (exact) mass is 527 g/mol. The fraction of sp³-hybridized carbons (Fsp3) is 0.241. The van der Waals surface area contributed by atoms with Crippen LogP contribution in [0.5, 0.6) is 5.75 Å². The number of thiocarbonyl (C=S) groups is 1. The zero-order chi connectivity index (χ0) is 27.1. The van der Waals surface area contributed by atoms with E-state index >= 15 is 0 Å². The molecule has 0 spiro atoms. The van der Waals surface area contributed by atoms with Crippen LogP contribution in [-0.4, -0.2) is 26.7 Å². The number of hydrogen-bond acceptors (Lipinski definition) is 5. The zero-order valence-electron chi connectivity index (χ0n) is 21.9. The molecule has 2 unspecified atom stereocenters. The van der Waals surface area contributed by atoms with Gasteiger partial charge in [0.25, 0.3) is 5.69 Å². The van der Waals surface area contributed by atoms with Crippen LogP contribution in [-0.2, 0) is 0 Å². The number of anilines is 1. The fourth-order valence-corrected chi connectivity index (χ4v) is 5.59. The molecule has 0 amide bonds. The smallest absolute Gasteiger partial charge is 0.271 e. The second-order valence-corrected chi connectivity index (χ2v) is 9.93. The Morgan fingerprint density at radius 2 is 1.82 bits per heavy atom. The number of nitrogens with one attached hydrogen (secondary N) is 1. The molecule has 38 heavy (non-hydrogen) atoms. The van der Waals surface area contributed by atoms with Crippen molar-refractivity contribution in [2.75, 3.05) is 12.0 Å². The van der Waals surface area contributed by atoms with Gasteiger partial charge in [0.2, 0.25) is 0 Å². The summed E-state index contributed by atoms with van der Waals surface area (Å²) in [6.07, 6.45) is 1.78. The highest BCUT2D eigenvalue weighted by Gasteiger charge is 2.42. The van der Waals surface area contributed by atoms with E-state index in [1.165, 1.54) is 17.2 Å². The van der Waals surface area contributed by atoms with Gasteiger partial charge < -0.3 is 19.5 Å². The molecule has 0 saturated carbocycles. The highest BCUT2D eigenvalue weighted by molar-refractivity contribution is 7.80. The highest BCUT2D eigenvalue weighted by Crippen LogP contribution is 2.44. The Labute approximate surface area is 227 Å². The van der Waals surface area contributed by atoms with E-state index in [0.29, 0.717) is 16.5 Å². The van der Waals surface area contributed by atoms with Crippen molar-refractivity contribution < 1.29 is 9.66 Å². The van der Waals surface area contributed by atoms with Gasteiger partial charge in [-0.05, 0) is 93.0 Å². The van der Waals surface area contributed by atoms with Crippen LogP contribution in [0.4, 0.5) is 11.4 Å². The van der Waals surface area contributed by atoms with Crippen LogP contribution in [0.15, 0.2) is 66.9 Å². The third-order valence-corrected chi connectivity index (χ3v) is 7.58. The number of non-ortho nitro benzene ring substituents is 1. The van der Waals surface area contributed by atoms with Crippen molar-refractivity contribution in [2.45, 2.75) is 39.8 Å². The second-order valence-electron chi connectivity index (χ2n) is 9.54. The topological polar surface area (TPSA) is 85.5 Å². The average Bonchev–Trinajstić information content (AvgIpc) is 3.40. The average molecular weight is 528 g/mol. The quantitative estimate of drug-likeness (QED) is 0.182. The van der Waals surface area contributed by atoms with Gasteiger partial charge in [0.05, 0.1) is 35.5 Å². The van der Waals surface area contributed by atoms with Crippen LogP contribution in [0.3, 0.4) is 0 Å². The van der Waals surface area contributed by atoms with E-state index in [-0.39, 0.29) is 17.8 Å². The molecule has 0 radical (unpaired) electrons. The number of nitro groups is 1. The van der Waals surface area contributed by atoms with Gasteiger partial charge in [0.1, 0.15) is 5.75 Å². The standard InChI is InChI=1S/C29H29N5O3S/c1-17-9-10-21(14-18(17)2)33-28(27(31-29(33)38)24-8-6-7-13-30-24)23-15-19(3)32(20(23)4)25-16-22(34(35)36)11-12-26(25)37-5/h6-16,27-28H,1-5H3,(H,31,38). The van der Waals surface area contributed by atoms with Crippen molar-refractivity contribution in [3.63, 3.8) is 0 Å². The number of nitro benzene ring substituents is 1. The lowest BCUT2D eigenvalue weighted by Gasteiger charge is -2.28. The van der Waals surface area contributed by atoms with Gasteiger partial charge in [-0.3, -0.25) is 15.1 Å². The first-order valence-corrected chi connectivity index (χ1v) is 12.7. The van der Waals surface area contributed by atoms with Crippen LogP contribution >= 0.6 is 12.2 Å². The largest absolute Gasteiger partial charge is 0.495 e. The summed E-state index contributed by atoms with van der Waals surface area (Å²) in [4.78, 5) is 18.0. The number of ether oxygens (including phenoxy) is 1. The lowest BCUT2D eigenvalue weighted by Crippen LogP contribution is -2.29. The van der Waals surface area contributed by atoms with Crippen molar-refractivity contribution in [3.05, 3.63) is 111 Å². The van der Waals surface area contributed by atoms with E-state index in [0.717, 1.165) is 28.3 Å². The Hall–Kier alpha value is -4.24. The zero-order valence-corrected chi connectivity index (χ0v) is 22.7. The van der Waals surface area contributed by atoms with Crippen LogP contribution in [0.25, 0.3) is 5.69 Å². The van der Waals surface area contributed by atoms with Gasteiger partial charge in [-0.2, -0.15) is 0 Å². The van der Waals surface area contributed by atoms with E-state index in [4.69, 9.17) is 17.0 Å². The van der Waals surface area contributed by atoms with E-state index in [9.17, 15) is 10.1 Å². The van der Waals surface area contributed by atoms with Crippen LogP contribution < -0.4 is 15.0 Å². The molecule has 194 valence electrons. The number of methoxy groups -OCH3 is 1. The molecule has 2 aromatic carbocycles. The summed E-state index contributed by atoms with van der Waals surface area (Å²) in [5.41, 5.74) is 7.78. The van der Waals surface area contributed by atoms with Crippen LogP contribution in [0.2, 0.25) is 0 Å². The number of pyridine rings is 1. The molecule has 2 aromatic heterocycles. The van der Waals surface area contributed by atoms with Crippen molar-refractivity contribution in [1.82, 2.24) is 14.9 Å². The number of nitrogens with zero attached hydrogens (tertiary/aromatic N) is 4. The number of aromatic nitrogens is 2. The fourth-order valence-electron chi connectivity index (χ4n) is 5.25. The lowest BCUT2D eigenvalue weighted by atomic mass is 9.96. The minimum Gasteiger partial charge on any atom is -0.495 e. The van der Waals surface area contributed by atoms with Gasteiger partial charge >= 0.3 is 0 Å². The molecule has 0 aliphatic carbocycles. The summed E-state index contributed by atoms with van der Waals surface area (Å²) in [6.45, 7) is 8.20. The third-order valence-electron chi connectivity index (χ3n) is 7.27. The summed E-state index contributed by atoms with van der Waals surface area (Å²) >= 11 is 5.90. The summed E-state index contributed by atoms with van der Waals surface area (Å²) in [6, 6.07) is 18.6. The molecule has 1 N–H and O–H groups in total. The van der Waals surface area contributed by atoms with Crippen molar-refractivity contribution in [2.24, 2.45) is 0 Å². The molecule has 2 atom stereocenters. The van der Waals surface area contributed by atoms with Gasteiger partial charge in [-0.25, -0.2) is 0 Å². The van der Waals surface area contributed by atoms with E-state index in [1.54, 1.807) is 25.4 Å². The first kappa shape index (κ1) is 25.4. The Balaban J connectivity index is 1.71. The molecule has 3 heterocycles. The SMILES string of the molecule is COc1ccc([N+](=O)[O-])cc1-n1c(C)cc(C2C(c3ccccn3)NC(=S)N2c2ccc(C)c(C)c2)c1C. The Morgan fingerprint density at radius 1 is 1.03 bits per heavy atom. The summed E-state index contributed by atoms with van der Waals surface area (Å²) < 4.78 is 7.62. The maximum absolute atomic E-state index is 11.6. The molecule has 5 rings (SSSR count). The molecule has 1 aliphatic rings. The Bertz CT molecular complexity index is 1550. The highest BCUT2D eigenvalue weighted by atomic mass is 32.1. The molecule has 9 heteroatoms. The number of aryl methyl sites for hydroxylation is 3. The number of benzene rings is 2. The summed E-state index contributed by atoms with van der Waals surface area (Å²) in [5.74, 6) is 0.552. The molecule has 1 aliphatic heterocycles. The molecule has 8 nitrogen and oxygen atoms in total. The Kier molecular flexibility index (Phi) is 6.62. The molecule has 1 saturated heterocycles. The third kappa shape index (κ3) is 4.28. The molecular formula is C29H29N5O3S. The van der Waals surface area contributed by atoms with Gasteiger partial charge in [0, 0.05) is 35.4 Å². The normalized spacial score (nSPS) is 17.0. The number of hydrogen-bond donors (Lipinski definition) is 1. The minimum absolute atomic E-state index is 0.00156. The Morgan fingerprint density at radius 3 is 2.47 bits per heavy atom. The number of rotatable bonds is 6. The first-order valence-electron chi connectivity index (χ1n) is 12.3. The molecule has 0 bridgehead atoms. The van der Waals surface area contributed by atoms with Crippen LogP contribution in [0.1, 0.15) is 45.9 Å². The molecular weight excluding hydrogens is 498 g/mol.